The molecule has 0 spiro atoms. The summed E-state index contributed by atoms with van der Waals surface area (Å²) in [5, 5.41) is 3.22. The SMILES string of the molecule is O=Cc1ccc2c(c1)OCCOCCOCCNCCO2. The molecule has 1 N–H and O–H groups in total. The van der Waals surface area contributed by atoms with Gasteiger partial charge in [-0.05, 0) is 18.2 Å². The van der Waals surface area contributed by atoms with E-state index in [1.165, 1.54) is 0 Å². The number of benzene rings is 1. The highest BCUT2D eigenvalue weighted by Crippen LogP contribution is 2.27. The summed E-state index contributed by atoms with van der Waals surface area (Å²) in [6, 6.07) is 5.14. The molecule has 0 aromatic heterocycles. The Bertz CT molecular complexity index is 438. The number of ether oxygens (including phenoxy) is 4. The van der Waals surface area contributed by atoms with Crippen LogP contribution in [0.3, 0.4) is 0 Å². The predicted molar refractivity (Wildman–Crippen MR) is 77.3 cm³/mol. The number of hydrogen-bond donors (Lipinski definition) is 1. The van der Waals surface area contributed by atoms with Crippen molar-refractivity contribution in [1.82, 2.24) is 5.32 Å². The molecule has 0 unspecified atom stereocenters. The summed E-state index contributed by atoms with van der Waals surface area (Å²) in [5.74, 6) is 1.20. The zero-order valence-corrected chi connectivity index (χ0v) is 12.0. The second-order valence-corrected chi connectivity index (χ2v) is 4.50. The van der Waals surface area contributed by atoms with Crippen LogP contribution in [0.15, 0.2) is 18.2 Å². The highest BCUT2D eigenvalue weighted by Gasteiger charge is 2.07. The summed E-state index contributed by atoms with van der Waals surface area (Å²) in [6.45, 7) is 4.65. The quantitative estimate of drug-likeness (QED) is 0.776. The fraction of sp³-hybridized carbons (Fsp3) is 0.533. The maximum atomic E-state index is 10.8. The lowest BCUT2D eigenvalue weighted by Gasteiger charge is -2.13. The van der Waals surface area contributed by atoms with Crippen LogP contribution in [-0.2, 0) is 9.47 Å². The average Bonchev–Trinajstić information content (AvgIpc) is 2.52. The normalized spacial score (nSPS) is 18.3. The van der Waals surface area contributed by atoms with Gasteiger partial charge in [-0.1, -0.05) is 0 Å². The Morgan fingerprint density at radius 1 is 0.857 bits per heavy atom. The van der Waals surface area contributed by atoms with Crippen molar-refractivity contribution in [3.63, 3.8) is 0 Å². The van der Waals surface area contributed by atoms with Crippen LogP contribution >= 0.6 is 0 Å². The van der Waals surface area contributed by atoms with Crippen LogP contribution in [0, 0.1) is 0 Å². The van der Waals surface area contributed by atoms with E-state index >= 15 is 0 Å². The maximum Gasteiger partial charge on any atom is 0.162 e. The van der Waals surface area contributed by atoms with Crippen LogP contribution < -0.4 is 14.8 Å². The molecule has 1 aliphatic rings. The molecule has 0 aliphatic carbocycles. The van der Waals surface area contributed by atoms with Crippen LogP contribution in [0.5, 0.6) is 11.5 Å². The topological polar surface area (TPSA) is 66.0 Å². The molecule has 0 bridgehead atoms. The van der Waals surface area contributed by atoms with E-state index in [2.05, 4.69) is 5.32 Å². The van der Waals surface area contributed by atoms with Gasteiger partial charge in [0.25, 0.3) is 0 Å². The van der Waals surface area contributed by atoms with E-state index in [0.29, 0.717) is 63.2 Å². The summed E-state index contributed by atoms with van der Waals surface area (Å²) in [6.07, 6.45) is 0.786. The van der Waals surface area contributed by atoms with Crippen molar-refractivity contribution >= 4 is 6.29 Å². The van der Waals surface area contributed by atoms with Crippen molar-refractivity contribution in [1.29, 1.82) is 0 Å². The number of carbonyl (C=O) groups excluding carboxylic acids is 1. The number of nitrogens with one attached hydrogen (secondary N) is 1. The Labute approximate surface area is 124 Å². The first-order valence-electron chi connectivity index (χ1n) is 7.11. The molecule has 0 saturated heterocycles. The van der Waals surface area contributed by atoms with Gasteiger partial charge in [0.05, 0.1) is 26.4 Å². The molecular weight excluding hydrogens is 274 g/mol. The van der Waals surface area contributed by atoms with Gasteiger partial charge < -0.3 is 24.3 Å². The first-order valence-corrected chi connectivity index (χ1v) is 7.11. The van der Waals surface area contributed by atoms with Gasteiger partial charge in [-0.15, -0.1) is 0 Å². The number of rotatable bonds is 1. The lowest BCUT2D eigenvalue weighted by Crippen LogP contribution is -2.25. The van der Waals surface area contributed by atoms with Gasteiger partial charge in [0, 0.05) is 18.7 Å². The summed E-state index contributed by atoms with van der Waals surface area (Å²) in [5.41, 5.74) is 0.558. The third-order valence-corrected chi connectivity index (χ3v) is 2.92. The van der Waals surface area contributed by atoms with E-state index in [-0.39, 0.29) is 0 Å². The molecule has 6 nitrogen and oxygen atoms in total. The van der Waals surface area contributed by atoms with Crippen molar-refractivity contribution in [2.75, 3.05) is 52.7 Å². The fourth-order valence-electron chi connectivity index (χ4n) is 1.87. The van der Waals surface area contributed by atoms with Gasteiger partial charge in [0.1, 0.15) is 19.5 Å². The highest BCUT2D eigenvalue weighted by molar-refractivity contribution is 5.76. The van der Waals surface area contributed by atoms with Gasteiger partial charge in [-0.25, -0.2) is 0 Å². The minimum Gasteiger partial charge on any atom is -0.488 e. The molecule has 1 heterocycles. The number of fused-ring (bicyclic) bond motifs is 1. The molecule has 116 valence electrons. The molecule has 0 radical (unpaired) electrons. The summed E-state index contributed by atoms with van der Waals surface area (Å²) in [4.78, 5) is 10.8. The average molecular weight is 295 g/mol. The smallest absolute Gasteiger partial charge is 0.162 e. The van der Waals surface area contributed by atoms with Crippen LogP contribution in [0.25, 0.3) is 0 Å². The van der Waals surface area contributed by atoms with Crippen molar-refractivity contribution in [3.8, 4) is 11.5 Å². The number of hydrogen-bond acceptors (Lipinski definition) is 6. The Balaban J connectivity index is 1.98. The molecule has 6 heteroatoms. The second kappa shape index (κ2) is 9.33. The van der Waals surface area contributed by atoms with Crippen LogP contribution in [0.1, 0.15) is 10.4 Å². The van der Waals surface area contributed by atoms with Crippen LogP contribution in [0.2, 0.25) is 0 Å². The maximum absolute atomic E-state index is 10.8. The van der Waals surface area contributed by atoms with E-state index in [9.17, 15) is 4.79 Å². The molecule has 1 aromatic carbocycles. The lowest BCUT2D eigenvalue weighted by molar-refractivity contribution is 0.0375. The number of aldehydes is 1. The molecule has 0 fully saturated rings. The van der Waals surface area contributed by atoms with Gasteiger partial charge in [0.15, 0.2) is 11.5 Å². The monoisotopic (exact) mass is 295 g/mol. The van der Waals surface area contributed by atoms with Gasteiger partial charge >= 0.3 is 0 Å². The molecule has 2 rings (SSSR count). The van der Waals surface area contributed by atoms with Crippen LogP contribution in [0.4, 0.5) is 0 Å². The Morgan fingerprint density at radius 2 is 1.57 bits per heavy atom. The highest BCUT2D eigenvalue weighted by atomic mass is 16.6. The van der Waals surface area contributed by atoms with Crippen molar-refractivity contribution in [3.05, 3.63) is 23.8 Å². The summed E-state index contributed by atoms with van der Waals surface area (Å²) < 4.78 is 22.1. The van der Waals surface area contributed by atoms with E-state index in [1.54, 1.807) is 18.2 Å². The van der Waals surface area contributed by atoms with Gasteiger partial charge in [0.2, 0.25) is 0 Å². The molecule has 1 aliphatic heterocycles. The third-order valence-electron chi connectivity index (χ3n) is 2.92. The molecule has 0 atom stereocenters. The molecule has 21 heavy (non-hydrogen) atoms. The minimum absolute atomic E-state index is 0.400. The molecular formula is C15H21NO5. The van der Waals surface area contributed by atoms with Crippen molar-refractivity contribution in [2.24, 2.45) is 0 Å². The second-order valence-electron chi connectivity index (χ2n) is 4.50. The van der Waals surface area contributed by atoms with Crippen molar-refractivity contribution in [2.45, 2.75) is 0 Å². The summed E-state index contributed by atoms with van der Waals surface area (Å²) in [7, 11) is 0. The summed E-state index contributed by atoms with van der Waals surface area (Å²) >= 11 is 0. The Morgan fingerprint density at radius 3 is 2.43 bits per heavy atom. The zero-order chi connectivity index (χ0) is 14.8. The standard InChI is InChI=1S/C15H21NO5/c17-12-13-1-2-14-15(11-13)21-10-9-19-8-7-18-5-3-16-4-6-20-14/h1-2,11-12,16H,3-10H2. The fourth-order valence-corrected chi connectivity index (χ4v) is 1.87. The third kappa shape index (κ3) is 5.71. The number of carbonyl (C=O) groups is 1. The van der Waals surface area contributed by atoms with Gasteiger partial charge in [-0.2, -0.15) is 0 Å². The van der Waals surface area contributed by atoms with E-state index < -0.39 is 0 Å². The predicted octanol–water partition coefficient (Wildman–Crippen LogP) is 0.893. The first-order chi connectivity index (χ1) is 10.4. The largest absolute Gasteiger partial charge is 0.488 e. The molecule has 0 amide bonds. The lowest BCUT2D eigenvalue weighted by atomic mass is 10.2. The molecule has 1 aromatic rings. The van der Waals surface area contributed by atoms with E-state index in [4.69, 9.17) is 18.9 Å². The Kier molecular flexibility index (Phi) is 7.00. The van der Waals surface area contributed by atoms with Crippen molar-refractivity contribution < 1.29 is 23.7 Å². The minimum atomic E-state index is 0.400. The van der Waals surface area contributed by atoms with Crippen LogP contribution in [-0.4, -0.2) is 59.0 Å². The first kappa shape index (κ1) is 15.8. The zero-order valence-electron chi connectivity index (χ0n) is 12.0. The van der Waals surface area contributed by atoms with Gasteiger partial charge in [-0.3, -0.25) is 4.79 Å². The van der Waals surface area contributed by atoms with E-state index in [0.717, 1.165) is 12.8 Å². The molecule has 0 saturated carbocycles. The van der Waals surface area contributed by atoms with E-state index in [1.807, 2.05) is 0 Å². The Hall–Kier alpha value is -1.63.